The van der Waals surface area contributed by atoms with E-state index < -0.39 is 29.3 Å². The molecule has 200 valence electrons. The van der Waals surface area contributed by atoms with Gasteiger partial charge in [0.2, 0.25) is 0 Å². The van der Waals surface area contributed by atoms with Crippen LogP contribution in [0.1, 0.15) is 44.4 Å². The predicted octanol–water partition coefficient (Wildman–Crippen LogP) is 3.98. The van der Waals surface area contributed by atoms with Crippen LogP contribution in [0.4, 0.5) is 9.18 Å². The summed E-state index contributed by atoms with van der Waals surface area (Å²) in [5, 5.41) is 8.74. The Labute approximate surface area is 217 Å². The number of ether oxygens (including phenoxy) is 3. The lowest BCUT2D eigenvalue weighted by Gasteiger charge is -2.30. The zero-order valence-electron chi connectivity index (χ0n) is 22.2. The van der Waals surface area contributed by atoms with Crippen LogP contribution in [0, 0.1) is 5.82 Å². The van der Waals surface area contributed by atoms with Gasteiger partial charge in [0, 0.05) is 36.7 Å². The molecular formula is C27H35FN4O5. The highest BCUT2D eigenvalue weighted by Crippen LogP contribution is 2.39. The molecule has 0 saturated heterocycles. The molecule has 10 heteroatoms. The molecule has 0 spiro atoms. The summed E-state index contributed by atoms with van der Waals surface area (Å²) in [5.74, 6) is 0.253. The van der Waals surface area contributed by atoms with Gasteiger partial charge >= 0.3 is 6.03 Å². The summed E-state index contributed by atoms with van der Waals surface area (Å²) in [6.07, 6.45) is 0.252. The molecule has 1 heterocycles. The second kappa shape index (κ2) is 12.1. The second-order valence-electron chi connectivity index (χ2n) is 9.69. The Kier molecular flexibility index (Phi) is 9.09. The van der Waals surface area contributed by atoms with Gasteiger partial charge in [-0.15, -0.1) is 0 Å². The van der Waals surface area contributed by atoms with E-state index in [-0.39, 0.29) is 26.1 Å². The molecular weight excluding hydrogens is 479 g/mol. The molecule has 0 unspecified atom stereocenters. The molecule has 0 aromatic heterocycles. The Bertz CT molecular complexity index is 1150. The largest absolute Gasteiger partial charge is 0.497 e. The first-order valence-electron chi connectivity index (χ1n) is 12.0. The lowest BCUT2D eigenvalue weighted by Crippen LogP contribution is -2.52. The van der Waals surface area contributed by atoms with Crippen LogP contribution in [0.25, 0.3) is 0 Å². The maximum atomic E-state index is 14.7. The van der Waals surface area contributed by atoms with Crippen LogP contribution in [0.3, 0.4) is 0 Å². The molecule has 37 heavy (non-hydrogen) atoms. The van der Waals surface area contributed by atoms with Gasteiger partial charge < -0.3 is 24.4 Å². The molecule has 0 aliphatic carbocycles. The summed E-state index contributed by atoms with van der Waals surface area (Å²) in [6.45, 7) is 5.78. The van der Waals surface area contributed by atoms with Crippen molar-refractivity contribution in [3.63, 3.8) is 0 Å². The number of nitrogens with zero attached hydrogens (tertiary/aromatic N) is 3. The molecule has 0 bridgehead atoms. The van der Waals surface area contributed by atoms with Crippen molar-refractivity contribution in [1.29, 1.82) is 0 Å². The molecule has 1 aliphatic heterocycles. The third-order valence-electron chi connectivity index (χ3n) is 5.81. The van der Waals surface area contributed by atoms with E-state index in [1.807, 2.05) is 20.8 Å². The van der Waals surface area contributed by atoms with Gasteiger partial charge in [0.25, 0.3) is 5.91 Å². The quantitative estimate of drug-likeness (QED) is 0.547. The van der Waals surface area contributed by atoms with Crippen molar-refractivity contribution in [2.45, 2.75) is 38.8 Å². The van der Waals surface area contributed by atoms with E-state index in [0.29, 0.717) is 28.3 Å². The van der Waals surface area contributed by atoms with Gasteiger partial charge in [-0.05, 0) is 45.0 Å². The number of benzene rings is 2. The molecule has 9 nitrogen and oxygen atoms in total. The number of amides is 3. The van der Waals surface area contributed by atoms with E-state index in [9.17, 15) is 14.0 Å². The Morgan fingerprint density at radius 3 is 2.49 bits per heavy atom. The first kappa shape index (κ1) is 27.9. The Hall–Kier alpha value is -3.66. The lowest BCUT2D eigenvalue weighted by atomic mass is 9.97. The van der Waals surface area contributed by atoms with E-state index in [2.05, 4.69) is 10.4 Å². The molecule has 0 radical (unpaired) electrons. The Morgan fingerprint density at radius 1 is 1.14 bits per heavy atom. The van der Waals surface area contributed by atoms with Crippen molar-refractivity contribution < 1.29 is 28.2 Å². The van der Waals surface area contributed by atoms with Crippen LogP contribution in [0.5, 0.6) is 11.5 Å². The molecule has 3 amide bonds. The molecule has 0 saturated carbocycles. The number of urea groups is 1. The molecule has 1 atom stereocenters. The number of hydrogen-bond acceptors (Lipinski definition) is 6. The lowest BCUT2D eigenvalue weighted by molar-refractivity contribution is -0.133. The second-order valence-corrected chi connectivity index (χ2v) is 9.69. The van der Waals surface area contributed by atoms with E-state index in [4.69, 9.17) is 14.2 Å². The molecule has 1 aliphatic rings. The maximum absolute atomic E-state index is 14.7. The summed E-state index contributed by atoms with van der Waals surface area (Å²) in [6, 6.07) is 10.6. The van der Waals surface area contributed by atoms with Gasteiger partial charge in [0.05, 0.1) is 32.6 Å². The summed E-state index contributed by atoms with van der Waals surface area (Å²) < 4.78 is 30.8. The van der Waals surface area contributed by atoms with Crippen molar-refractivity contribution in [1.82, 2.24) is 15.2 Å². The molecule has 0 fully saturated rings. The maximum Gasteiger partial charge on any atom is 0.318 e. The number of halogens is 1. The predicted molar refractivity (Wildman–Crippen MR) is 138 cm³/mol. The number of nitrogens with one attached hydrogen (secondary N) is 1. The first-order valence-corrected chi connectivity index (χ1v) is 12.0. The fourth-order valence-electron chi connectivity index (χ4n) is 4.03. The Morgan fingerprint density at radius 2 is 1.86 bits per heavy atom. The number of methoxy groups -OCH3 is 3. The van der Waals surface area contributed by atoms with Crippen LogP contribution < -0.4 is 14.8 Å². The standard InChI is InChI=1S/C27H35FN4O5/c1-27(2,3)29-26(34)31(13-14-35-4)17-25(33)32-23(20-15-18(36-5)11-12-24(20)37-6)16-22(30-32)19-9-7-8-10-21(19)28/h7-12,15,23H,13-14,16-17H2,1-6H3,(H,29,34)/t23-/m1/s1. The van der Waals surface area contributed by atoms with E-state index in [1.54, 1.807) is 43.5 Å². The SMILES string of the molecule is COCCN(CC(=O)N1N=C(c2ccccc2F)C[C@@H]1c1cc(OC)ccc1OC)C(=O)NC(C)(C)C. The fourth-order valence-corrected chi connectivity index (χ4v) is 4.03. The number of rotatable bonds is 9. The molecule has 1 N–H and O–H groups in total. The monoisotopic (exact) mass is 514 g/mol. The highest BCUT2D eigenvalue weighted by atomic mass is 19.1. The summed E-state index contributed by atoms with van der Waals surface area (Å²) in [5.41, 5.74) is 0.898. The van der Waals surface area contributed by atoms with Crippen LogP contribution in [0.2, 0.25) is 0 Å². The van der Waals surface area contributed by atoms with Crippen LogP contribution in [-0.4, -0.2) is 74.1 Å². The minimum Gasteiger partial charge on any atom is -0.497 e. The fraction of sp³-hybridized carbons (Fsp3) is 0.444. The summed E-state index contributed by atoms with van der Waals surface area (Å²) in [4.78, 5) is 28.0. The highest BCUT2D eigenvalue weighted by Gasteiger charge is 2.37. The summed E-state index contributed by atoms with van der Waals surface area (Å²) >= 11 is 0. The highest BCUT2D eigenvalue weighted by molar-refractivity contribution is 6.03. The number of hydrogen-bond donors (Lipinski definition) is 1. The minimum absolute atomic E-state index is 0.203. The van der Waals surface area contributed by atoms with Gasteiger partial charge in [-0.2, -0.15) is 5.10 Å². The van der Waals surface area contributed by atoms with E-state index in [0.717, 1.165) is 0 Å². The van der Waals surface area contributed by atoms with Gasteiger partial charge in [0.15, 0.2) is 0 Å². The van der Waals surface area contributed by atoms with Crippen molar-refractivity contribution in [3.8, 4) is 11.5 Å². The first-order chi connectivity index (χ1) is 17.6. The smallest absolute Gasteiger partial charge is 0.318 e. The minimum atomic E-state index is -0.595. The van der Waals surface area contributed by atoms with Crippen molar-refractivity contribution >= 4 is 17.6 Å². The zero-order valence-corrected chi connectivity index (χ0v) is 22.2. The number of hydrazone groups is 1. The normalized spacial score (nSPS) is 15.3. The van der Waals surface area contributed by atoms with Gasteiger partial charge in [-0.3, -0.25) is 4.79 Å². The Balaban J connectivity index is 1.99. The van der Waals surface area contributed by atoms with E-state index >= 15 is 0 Å². The van der Waals surface area contributed by atoms with Gasteiger partial charge in [-0.1, -0.05) is 18.2 Å². The third kappa shape index (κ3) is 6.97. The third-order valence-corrected chi connectivity index (χ3v) is 5.81. The zero-order chi connectivity index (χ0) is 27.2. The van der Waals surface area contributed by atoms with Gasteiger partial charge in [0.1, 0.15) is 23.9 Å². The van der Waals surface area contributed by atoms with Crippen LogP contribution >= 0.6 is 0 Å². The van der Waals surface area contributed by atoms with Crippen molar-refractivity contribution in [2.24, 2.45) is 5.10 Å². The summed E-state index contributed by atoms with van der Waals surface area (Å²) in [7, 11) is 4.61. The van der Waals surface area contributed by atoms with E-state index in [1.165, 1.54) is 30.2 Å². The van der Waals surface area contributed by atoms with Crippen LogP contribution in [0.15, 0.2) is 47.6 Å². The average molecular weight is 515 g/mol. The van der Waals surface area contributed by atoms with Gasteiger partial charge in [-0.25, -0.2) is 14.2 Å². The van der Waals surface area contributed by atoms with Crippen molar-refractivity contribution in [2.75, 3.05) is 41.0 Å². The average Bonchev–Trinajstić information content (AvgIpc) is 3.30. The molecule has 2 aromatic carbocycles. The number of carbonyl (C=O) groups excluding carboxylic acids is 2. The van der Waals surface area contributed by atoms with Crippen molar-refractivity contribution in [3.05, 3.63) is 59.4 Å². The molecule has 2 aromatic rings. The topological polar surface area (TPSA) is 92.7 Å². The molecule has 3 rings (SSSR count). The number of carbonyl (C=O) groups is 2. The van der Waals surface area contributed by atoms with Crippen LogP contribution in [-0.2, 0) is 9.53 Å².